The second-order valence-corrected chi connectivity index (χ2v) is 6.07. The Hall–Kier alpha value is -1.18. The molecule has 0 spiro atoms. The summed E-state index contributed by atoms with van der Waals surface area (Å²) in [5, 5.41) is 12.5. The van der Waals surface area contributed by atoms with Crippen LogP contribution in [0.4, 0.5) is 0 Å². The smallest absolute Gasteiger partial charge is 0.123 e. The van der Waals surface area contributed by atoms with Gasteiger partial charge in [0.2, 0.25) is 0 Å². The number of halogens is 1. The van der Waals surface area contributed by atoms with Crippen LogP contribution in [0.15, 0.2) is 22.9 Å². The Bertz CT molecular complexity index is 559. The second kappa shape index (κ2) is 5.44. The van der Waals surface area contributed by atoms with Crippen LogP contribution in [0.2, 0.25) is 0 Å². The van der Waals surface area contributed by atoms with Crippen molar-refractivity contribution in [2.75, 3.05) is 13.1 Å². The quantitative estimate of drug-likeness (QED) is 0.810. The van der Waals surface area contributed by atoms with Crippen LogP contribution in [-0.2, 0) is 0 Å². The standard InChI is InChI=1S/C15H16BrN3/c16-15-12(7-17)6-14(9-19-15)11-2-1-10-3-4-18-8-13(10)5-11/h5-6,9-10,13,18H,1-4,8H2/t10-,13+/m1/s1. The van der Waals surface area contributed by atoms with E-state index in [0.717, 1.165) is 31.0 Å². The van der Waals surface area contributed by atoms with Crippen LogP contribution < -0.4 is 5.32 Å². The molecule has 0 bridgehead atoms. The van der Waals surface area contributed by atoms with Gasteiger partial charge in [-0.2, -0.15) is 5.26 Å². The summed E-state index contributed by atoms with van der Waals surface area (Å²) >= 11 is 3.31. The van der Waals surface area contributed by atoms with Crippen LogP contribution in [0, 0.1) is 23.2 Å². The van der Waals surface area contributed by atoms with Crippen LogP contribution in [0.5, 0.6) is 0 Å². The lowest BCUT2D eigenvalue weighted by Gasteiger charge is -2.34. The van der Waals surface area contributed by atoms with Gasteiger partial charge in [-0.05, 0) is 70.8 Å². The van der Waals surface area contributed by atoms with Crippen molar-refractivity contribution in [1.82, 2.24) is 10.3 Å². The molecule has 1 aliphatic carbocycles. The highest BCUT2D eigenvalue weighted by molar-refractivity contribution is 9.10. The van der Waals surface area contributed by atoms with Gasteiger partial charge in [0, 0.05) is 12.7 Å². The molecule has 1 aromatic rings. The second-order valence-electron chi connectivity index (χ2n) is 5.32. The molecular weight excluding hydrogens is 302 g/mol. The molecule has 1 fully saturated rings. The van der Waals surface area contributed by atoms with Gasteiger partial charge in [0.15, 0.2) is 0 Å². The molecule has 4 heteroatoms. The highest BCUT2D eigenvalue weighted by Gasteiger charge is 2.27. The van der Waals surface area contributed by atoms with Gasteiger partial charge in [-0.25, -0.2) is 4.98 Å². The first-order valence-corrected chi connectivity index (χ1v) is 7.54. The third-order valence-electron chi connectivity index (χ3n) is 4.21. The van der Waals surface area contributed by atoms with Crippen molar-refractivity contribution in [3.05, 3.63) is 34.1 Å². The predicted octanol–water partition coefficient (Wildman–Crippen LogP) is 3.12. The Morgan fingerprint density at radius 2 is 2.32 bits per heavy atom. The number of nitrogens with one attached hydrogen (secondary N) is 1. The number of fused-ring (bicyclic) bond motifs is 1. The van der Waals surface area contributed by atoms with Crippen molar-refractivity contribution in [1.29, 1.82) is 5.26 Å². The maximum Gasteiger partial charge on any atom is 0.123 e. The highest BCUT2D eigenvalue weighted by atomic mass is 79.9. The number of pyridine rings is 1. The van der Waals surface area contributed by atoms with Crippen LogP contribution in [0.1, 0.15) is 30.4 Å². The molecule has 1 aliphatic heterocycles. The van der Waals surface area contributed by atoms with Crippen molar-refractivity contribution in [3.8, 4) is 6.07 Å². The summed E-state index contributed by atoms with van der Waals surface area (Å²) < 4.78 is 0.632. The van der Waals surface area contributed by atoms with Crippen LogP contribution in [0.25, 0.3) is 5.57 Å². The van der Waals surface area contributed by atoms with Crippen molar-refractivity contribution < 1.29 is 0 Å². The van der Waals surface area contributed by atoms with Crippen molar-refractivity contribution in [3.63, 3.8) is 0 Å². The summed E-state index contributed by atoms with van der Waals surface area (Å²) in [7, 11) is 0. The Morgan fingerprint density at radius 1 is 1.42 bits per heavy atom. The molecule has 0 unspecified atom stereocenters. The average molecular weight is 318 g/mol. The Morgan fingerprint density at radius 3 is 3.16 bits per heavy atom. The van der Waals surface area contributed by atoms with E-state index in [1.165, 1.54) is 18.4 Å². The lowest BCUT2D eigenvalue weighted by molar-refractivity contribution is 0.279. The number of hydrogen-bond acceptors (Lipinski definition) is 3. The van der Waals surface area contributed by atoms with Crippen molar-refractivity contribution in [2.45, 2.75) is 19.3 Å². The lowest BCUT2D eigenvalue weighted by Crippen LogP contribution is -2.37. The van der Waals surface area contributed by atoms with E-state index in [1.54, 1.807) is 0 Å². The van der Waals surface area contributed by atoms with E-state index < -0.39 is 0 Å². The van der Waals surface area contributed by atoms with Crippen LogP contribution in [-0.4, -0.2) is 18.1 Å². The Kier molecular flexibility index (Phi) is 3.67. The number of hydrogen-bond donors (Lipinski definition) is 1. The molecule has 3 nitrogen and oxygen atoms in total. The highest BCUT2D eigenvalue weighted by Crippen LogP contribution is 2.36. The number of nitriles is 1. The summed E-state index contributed by atoms with van der Waals surface area (Å²) in [4.78, 5) is 4.27. The first-order valence-electron chi connectivity index (χ1n) is 6.75. The molecule has 0 amide bonds. The van der Waals surface area contributed by atoms with Crippen LogP contribution in [0.3, 0.4) is 0 Å². The maximum absolute atomic E-state index is 9.08. The molecule has 0 radical (unpaired) electrons. The summed E-state index contributed by atoms with van der Waals surface area (Å²) in [5.41, 5.74) is 3.06. The van der Waals surface area contributed by atoms with E-state index in [9.17, 15) is 0 Å². The first-order chi connectivity index (χ1) is 9.28. The van der Waals surface area contributed by atoms with Crippen molar-refractivity contribution in [2.24, 2.45) is 11.8 Å². The monoisotopic (exact) mass is 317 g/mol. The molecule has 1 N–H and O–H groups in total. The van der Waals surface area contributed by atoms with E-state index in [-0.39, 0.29) is 0 Å². The SMILES string of the molecule is N#Cc1cc(C2=C[C@H]3CNCC[C@H]3CC2)cnc1Br. The molecule has 2 atom stereocenters. The molecular formula is C15H16BrN3. The van der Waals surface area contributed by atoms with E-state index in [2.05, 4.69) is 38.4 Å². The summed E-state index contributed by atoms with van der Waals surface area (Å²) in [6.45, 7) is 2.24. The van der Waals surface area contributed by atoms with E-state index >= 15 is 0 Å². The predicted molar refractivity (Wildman–Crippen MR) is 78.3 cm³/mol. The van der Waals surface area contributed by atoms with Gasteiger partial charge in [0.25, 0.3) is 0 Å². The van der Waals surface area contributed by atoms with E-state index in [0.29, 0.717) is 16.1 Å². The lowest BCUT2D eigenvalue weighted by atomic mass is 9.76. The third-order valence-corrected chi connectivity index (χ3v) is 4.84. The zero-order chi connectivity index (χ0) is 13.2. The zero-order valence-electron chi connectivity index (χ0n) is 10.7. The molecule has 0 aromatic carbocycles. The maximum atomic E-state index is 9.08. The minimum atomic E-state index is 0.613. The molecule has 0 saturated carbocycles. The minimum Gasteiger partial charge on any atom is -0.316 e. The van der Waals surface area contributed by atoms with E-state index in [4.69, 9.17) is 5.26 Å². The normalized spacial score (nSPS) is 26.2. The fraction of sp³-hybridized carbons (Fsp3) is 0.467. The molecule has 98 valence electrons. The van der Waals surface area contributed by atoms with Gasteiger partial charge in [0.1, 0.15) is 10.7 Å². The fourth-order valence-electron chi connectivity index (χ4n) is 3.12. The number of allylic oxidation sites excluding steroid dienone is 1. The molecule has 2 aliphatic rings. The summed E-state index contributed by atoms with van der Waals surface area (Å²) in [6.07, 6.45) is 7.92. The molecule has 19 heavy (non-hydrogen) atoms. The first kappa shape index (κ1) is 12.8. The van der Waals surface area contributed by atoms with Gasteiger partial charge >= 0.3 is 0 Å². The number of nitrogens with zero attached hydrogens (tertiary/aromatic N) is 2. The molecule has 1 aromatic heterocycles. The Balaban J connectivity index is 1.90. The zero-order valence-corrected chi connectivity index (χ0v) is 12.3. The van der Waals surface area contributed by atoms with Crippen LogP contribution >= 0.6 is 15.9 Å². The molecule has 2 heterocycles. The largest absolute Gasteiger partial charge is 0.316 e. The third kappa shape index (κ3) is 2.58. The average Bonchev–Trinajstić information content (AvgIpc) is 2.47. The number of piperidine rings is 1. The van der Waals surface area contributed by atoms with Gasteiger partial charge in [-0.15, -0.1) is 0 Å². The number of rotatable bonds is 1. The molecule has 3 rings (SSSR count). The van der Waals surface area contributed by atoms with Gasteiger partial charge < -0.3 is 5.32 Å². The summed E-state index contributed by atoms with van der Waals surface area (Å²) in [6, 6.07) is 4.13. The van der Waals surface area contributed by atoms with Crippen molar-refractivity contribution >= 4 is 21.5 Å². The summed E-state index contributed by atoms with van der Waals surface area (Å²) in [5.74, 6) is 1.48. The Labute approximate surface area is 121 Å². The minimum absolute atomic E-state index is 0.613. The fourth-order valence-corrected chi connectivity index (χ4v) is 3.42. The van der Waals surface area contributed by atoms with E-state index in [1.807, 2.05) is 12.3 Å². The number of aromatic nitrogens is 1. The topological polar surface area (TPSA) is 48.7 Å². The van der Waals surface area contributed by atoms with Gasteiger partial charge in [-0.1, -0.05) is 6.08 Å². The van der Waals surface area contributed by atoms with Gasteiger partial charge in [-0.3, -0.25) is 0 Å². The molecule has 1 saturated heterocycles. The van der Waals surface area contributed by atoms with Gasteiger partial charge in [0.05, 0.1) is 5.56 Å².